The predicted octanol–water partition coefficient (Wildman–Crippen LogP) is 3.37. The summed E-state index contributed by atoms with van der Waals surface area (Å²) >= 11 is 0. The Balaban J connectivity index is 0.00000400. The molecule has 0 bridgehead atoms. The molecule has 0 aliphatic carbocycles. The van der Waals surface area contributed by atoms with Gasteiger partial charge in [0.15, 0.2) is 5.96 Å². The van der Waals surface area contributed by atoms with Gasteiger partial charge in [-0.15, -0.1) is 24.0 Å². The summed E-state index contributed by atoms with van der Waals surface area (Å²) in [5.41, 5.74) is 6.10. The van der Waals surface area contributed by atoms with Gasteiger partial charge in [-0.25, -0.2) is 0 Å². The number of halogens is 1. The SMILES string of the molecule is CC(C)Oc1ccc(NC(N)=NCC(C)(C)C#N)cc1.I. The zero-order valence-corrected chi connectivity index (χ0v) is 15.2. The fourth-order valence-electron chi connectivity index (χ4n) is 1.39. The molecule has 116 valence electrons. The molecule has 0 aliphatic heterocycles. The maximum Gasteiger partial charge on any atom is 0.193 e. The van der Waals surface area contributed by atoms with E-state index in [2.05, 4.69) is 16.4 Å². The van der Waals surface area contributed by atoms with E-state index in [1.165, 1.54) is 0 Å². The second kappa shape index (κ2) is 8.72. The van der Waals surface area contributed by atoms with E-state index in [0.717, 1.165) is 11.4 Å². The number of guanidine groups is 1. The third-order valence-electron chi connectivity index (χ3n) is 2.45. The number of nitriles is 1. The first-order chi connectivity index (χ1) is 9.32. The largest absolute Gasteiger partial charge is 0.491 e. The first-order valence-corrected chi connectivity index (χ1v) is 6.57. The fraction of sp³-hybridized carbons (Fsp3) is 0.467. The molecule has 5 nitrogen and oxygen atoms in total. The maximum atomic E-state index is 8.90. The van der Waals surface area contributed by atoms with Crippen molar-refractivity contribution in [3.8, 4) is 11.8 Å². The first-order valence-electron chi connectivity index (χ1n) is 6.57. The van der Waals surface area contributed by atoms with E-state index in [0.29, 0.717) is 12.5 Å². The van der Waals surface area contributed by atoms with Gasteiger partial charge in [0.05, 0.1) is 24.1 Å². The Morgan fingerprint density at radius 1 is 1.38 bits per heavy atom. The number of ether oxygens (including phenoxy) is 1. The highest BCUT2D eigenvalue weighted by Gasteiger charge is 2.15. The van der Waals surface area contributed by atoms with Gasteiger partial charge in [-0.3, -0.25) is 4.99 Å². The predicted molar refractivity (Wildman–Crippen MR) is 97.1 cm³/mol. The van der Waals surface area contributed by atoms with E-state index in [1.54, 1.807) is 0 Å². The van der Waals surface area contributed by atoms with Gasteiger partial charge < -0.3 is 15.8 Å². The van der Waals surface area contributed by atoms with Crippen molar-refractivity contribution in [2.75, 3.05) is 11.9 Å². The van der Waals surface area contributed by atoms with Crippen molar-refractivity contribution in [2.45, 2.75) is 33.8 Å². The Labute approximate surface area is 143 Å². The second-order valence-corrected chi connectivity index (χ2v) is 5.51. The van der Waals surface area contributed by atoms with Gasteiger partial charge >= 0.3 is 0 Å². The Hall–Kier alpha value is -1.49. The minimum absolute atomic E-state index is 0. The van der Waals surface area contributed by atoms with E-state index in [1.807, 2.05) is 52.0 Å². The van der Waals surface area contributed by atoms with Gasteiger partial charge in [-0.05, 0) is 52.0 Å². The molecule has 0 saturated carbocycles. The molecule has 3 N–H and O–H groups in total. The average molecular weight is 402 g/mol. The monoisotopic (exact) mass is 402 g/mol. The van der Waals surface area contributed by atoms with E-state index in [-0.39, 0.29) is 30.1 Å². The zero-order chi connectivity index (χ0) is 15.2. The van der Waals surface area contributed by atoms with Gasteiger partial charge in [0.2, 0.25) is 0 Å². The number of nitrogens with two attached hydrogens (primary N) is 1. The minimum Gasteiger partial charge on any atom is -0.491 e. The standard InChI is InChI=1S/C15H22N4O.HI/c1-11(2)20-13-7-5-12(6-8-13)19-14(17)18-10-15(3,4)9-16;/h5-8,11H,10H2,1-4H3,(H3,17,18,19);1H. The number of hydrogen-bond acceptors (Lipinski definition) is 3. The number of nitrogens with one attached hydrogen (secondary N) is 1. The van der Waals surface area contributed by atoms with Crippen LogP contribution in [0.5, 0.6) is 5.75 Å². The van der Waals surface area contributed by atoms with Crippen molar-refractivity contribution in [1.29, 1.82) is 5.26 Å². The molecule has 1 aromatic carbocycles. The molecule has 0 aliphatic rings. The molecule has 0 saturated heterocycles. The van der Waals surface area contributed by atoms with Crippen molar-refractivity contribution < 1.29 is 4.74 Å². The van der Waals surface area contributed by atoms with Crippen LogP contribution in [0.3, 0.4) is 0 Å². The van der Waals surface area contributed by atoms with Crippen LogP contribution in [-0.2, 0) is 0 Å². The van der Waals surface area contributed by atoms with Crippen LogP contribution in [0.15, 0.2) is 29.3 Å². The second-order valence-electron chi connectivity index (χ2n) is 5.51. The number of hydrogen-bond donors (Lipinski definition) is 2. The van der Waals surface area contributed by atoms with Crippen molar-refractivity contribution in [3.63, 3.8) is 0 Å². The molecule has 0 radical (unpaired) electrons. The molecule has 0 aromatic heterocycles. The van der Waals surface area contributed by atoms with Gasteiger partial charge in [0.1, 0.15) is 5.75 Å². The lowest BCUT2D eigenvalue weighted by atomic mass is 9.96. The van der Waals surface area contributed by atoms with E-state index in [9.17, 15) is 0 Å². The topological polar surface area (TPSA) is 83.4 Å². The summed E-state index contributed by atoms with van der Waals surface area (Å²) in [4.78, 5) is 4.16. The van der Waals surface area contributed by atoms with Crippen LogP contribution in [0.1, 0.15) is 27.7 Å². The van der Waals surface area contributed by atoms with Gasteiger partial charge in [-0.1, -0.05) is 0 Å². The summed E-state index contributed by atoms with van der Waals surface area (Å²) in [6.45, 7) is 7.96. The Morgan fingerprint density at radius 3 is 2.43 bits per heavy atom. The van der Waals surface area contributed by atoms with Crippen LogP contribution in [0.4, 0.5) is 5.69 Å². The third-order valence-corrected chi connectivity index (χ3v) is 2.45. The third kappa shape index (κ3) is 7.75. The van der Waals surface area contributed by atoms with Gasteiger partial charge in [0.25, 0.3) is 0 Å². The molecule has 0 heterocycles. The Morgan fingerprint density at radius 2 is 1.95 bits per heavy atom. The van der Waals surface area contributed by atoms with Crippen LogP contribution in [0.2, 0.25) is 0 Å². The van der Waals surface area contributed by atoms with Crippen LogP contribution >= 0.6 is 24.0 Å². The lowest BCUT2D eigenvalue weighted by molar-refractivity contribution is 0.242. The molecule has 1 aromatic rings. The van der Waals surface area contributed by atoms with Gasteiger partial charge in [0, 0.05) is 5.69 Å². The molecule has 0 unspecified atom stereocenters. The van der Waals surface area contributed by atoms with E-state index >= 15 is 0 Å². The minimum atomic E-state index is -0.513. The summed E-state index contributed by atoms with van der Waals surface area (Å²) < 4.78 is 5.56. The molecule has 1 rings (SSSR count). The lowest BCUT2D eigenvalue weighted by Gasteiger charge is -2.13. The molecule has 21 heavy (non-hydrogen) atoms. The van der Waals surface area contributed by atoms with Crippen LogP contribution in [-0.4, -0.2) is 18.6 Å². The molecular formula is C15H23IN4O. The number of benzene rings is 1. The molecular weight excluding hydrogens is 379 g/mol. The molecule has 0 amide bonds. The quantitative estimate of drug-likeness (QED) is 0.450. The zero-order valence-electron chi connectivity index (χ0n) is 12.9. The lowest BCUT2D eigenvalue weighted by Crippen LogP contribution is -2.25. The van der Waals surface area contributed by atoms with Crippen molar-refractivity contribution >= 4 is 35.6 Å². The van der Waals surface area contributed by atoms with Crippen molar-refractivity contribution in [2.24, 2.45) is 16.1 Å². The number of rotatable bonds is 5. The van der Waals surface area contributed by atoms with Crippen LogP contribution < -0.4 is 15.8 Å². The number of nitrogens with zero attached hydrogens (tertiary/aromatic N) is 2. The highest BCUT2D eigenvalue weighted by atomic mass is 127. The number of aliphatic imine (C=N–C) groups is 1. The van der Waals surface area contributed by atoms with Crippen molar-refractivity contribution in [3.05, 3.63) is 24.3 Å². The maximum absolute atomic E-state index is 8.90. The highest BCUT2D eigenvalue weighted by molar-refractivity contribution is 14.0. The smallest absolute Gasteiger partial charge is 0.193 e. The van der Waals surface area contributed by atoms with Crippen LogP contribution in [0, 0.1) is 16.7 Å². The average Bonchev–Trinajstić information content (AvgIpc) is 2.38. The van der Waals surface area contributed by atoms with Crippen LogP contribution in [0.25, 0.3) is 0 Å². The summed E-state index contributed by atoms with van der Waals surface area (Å²) in [6.07, 6.45) is 0.147. The van der Waals surface area contributed by atoms with E-state index in [4.69, 9.17) is 15.7 Å². The fourth-order valence-corrected chi connectivity index (χ4v) is 1.39. The number of anilines is 1. The Bertz CT molecular complexity index is 503. The van der Waals surface area contributed by atoms with Gasteiger partial charge in [-0.2, -0.15) is 5.26 Å². The first kappa shape index (κ1) is 19.5. The van der Waals surface area contributed by atoms with E-state index < -0.39 is 5.41 Å². The molecule has 0 spiro atoms. The summed E-state index contributed by atoms with van der Waals surface area (Å²) in [5.74, 6) is 1.11. The normalized spacial score (nSPS) is 11.5. The molecule has 0 atom stereocenters. The van der Waals surface area contributed by atoms with Crippen molar-refractivity contribution in [1.82, 2.24) is 0 Å². The summed E-state index contributed by atoms with van der Waals surface area (Å²) in [6, 6.07) is 9.66. The summed E-state index contributed by atoms with van der Waals surface area (Å²) in [5, 5.41) is 11.9. The highest BCUT2D eigenvalue weighted by Crippen LogP contribution is 2.17. The molecule has 0 fully saturated rings. The Kier molecular flexibility index (Phi) is 8.10. The molecule has 6 heteroatoms. The summed E-state index contributed by atoms with van der Waals surface area (Å²) in [7, 11) is 0.